The Kier molecular flexibility index (Phi) is 8.78. The summed E-state index contributed by atoms with van der Waals surface area (Å²) in [7, 11) is -4.05. The van der Waals surface area contributed by atoms with Crippen LogP contribution in [0.15, 0.2) is 59.5 Å². The molecule has 11 heteroatoms. The largest absolute Gasteiger partial charge is 0.492 e. The second-order valence-corrected chi connectivity index (χ2v) is 9.21. The van der Waals surface area contributed by atoms with Gasteiger partial charge in [0.15, 0.2) is 0 Å². The van der Waals surface area contributed by atoms with Crippen LogP contribution in [0.1, 0.15) is 10.4 Å². The van der Waals surface area contributed by atoms with Gasteiger partial charge in [-0.25, -0.2) is 8.42 Å². The highest BCUT2D eigenvalue weighted by Gasteiger charge is 2.26. The second-order valence-electron chi connectivity index (χ2n) is 7.50. The highest BCUT2D eigenvalue weighted by Crippen LogP contribution is 2.13. The number of carboxylic acid groups (broad SMARTS) is 1. The monoisotopic (exact) mass is 476 g/mol. The molecule has 0 bridgehead atoms. The summed E-state index contributed by atoms with van der Waals surface area (Å²) in [6.07, 6.45) is 0. The van der Waals surface area contributed by atoms with Gasteiger partial charge in [-0.15, -0.1) is 0 Å². The van der Waals surface area contributed by atoms with Crippen molar-refractivity contribution in [1.82, 2.24) is 20.3 Å². The van der Waals surface area contributed by atoms with Crippen LogP contribution in [0, 0.1) is 0 Å². The van der Waals surface area contributed by atoms with Crippen molar-refractivity contribution in [2.24, 2.45) is 0 Å². The van der Waals surface area contributed by atoms with Crippen LogP contribution < -0.4 is 20.1 Å². The number of hydrogen-bond acceptors (Lipinski definition) is 7. The van der Waals surface area contributed by atoms with Crippen LogP contribution in [0.3, 0.4) is 0 Å². The quantitative estimate of drug-likeness (QED) is 0.359. The van der Waals surface area contributed by atoms with E-state index in [2.05, 4.69) is 20.3 Å². The van der Waals surface area contributed by atoms with Gasteiger partial charge < -0.3 is 20.5 Å². The average molecular weight is 477 g/mol. The number of carboxylic acids is 1. The summed E-state index contributed by atoms with van der Waals surface area (Å²) in [5.41, 5.74) is 0.305. The van der Waals surface area contributed by atoms with Crippen LogP contribution in [0.2, 0.25) is 0 Å². The highest BCUT2D eigenvalue weighted by molar-refractivity contribution is 7.89. The lowest BCUT2D eigenvalue weighted by Crippen LogP contribution is -2.48. The molecule has 1 atom stereocenters. The maximum absolute atomic E-state index is 12.4. The van der Waals surface area contributed by atoms with Gasteiger partial charge >= 0.3 is 5.97 Å². The average Bonchev–Trinajstić information content (AvgIpc) is 2.83. The number of nitrogens with one attached hydrogen (secondary N) is 3. The Balaban J connectivity index is 1.49. The third-order valence-corrected chi connectivity index (χ3v) is 6.61. The fourth-order valence-electron chi connectivity index (χ4n) is 3.26. The molecule has 0 aliphatic carbocycles. The van der Waals surface area contributed by atoms with E-state index in [1.807, 2.05) is 0 Å². The molecule has 1 fully saturated rings. The van der Waals surface area contributed by atoms with Crippen molar-refractivity contribution in [3.8, 4) is 5.75 Å². The number of nitrogens with zero attached hydrogens (tertiary/aromatic N) is 1. The van der Waals surface area contributed by atoms with E-state index >= 15 is 0 Å². The normalized spacial score (nSPS) is 15.5. The number of hydrogen-bond donors (Lipinski definition) is 4. The maximum atomic E-state index is 12.4. The zero-order chi connectivity index (χ0) is 23.7. The molecular formula is C22H28N4O6S. The summed E-state index contributed by atoms with van der Waals surface area (Å²) < 4.78 is 32.6. The zero-order valence-corrected chi connectivity index (χ0v) is 18.9. The van der Waals surface area contributed by atoms with Gasteiger partial charge in [0.05, 0.1) is 4.90 Å². The summed E-state index contributed by atoms with van der Waals surface area (Å²) in [4.78, 5) is 26.2. The molecule has 10 nitrogen and oxygen atoms in total. The molecule has 0 spiro atoms. The Morgan fingerprint density at radius 3 is 2.36 bits per heavy atom. The first-order valence-corrected chi connectivity index (χ1v) is 12.1. The summed E-state index contributed by atoms with van der Waals surface area (Å²) in [6, 6.07) is 12.4. The first kappa shape index (κ1) is 24.6. The molecule has 1 amide bonds. The number of carbonyl (C=O) groups is 2. The number of sulfonamides is 1. The van der Waals surface area contributed by atoms with Crippen LogP contribution in [-0.2, 0) is 14.8 Å². The van der Waals surface area contributed by atoms with Gasteiger partial charge in [0.25, 0.3) is 5.91 Å². The van der Waals surface area contributed by atoms with Gasteiger partial charge in [-0.05, 0) is 36.4 Å². The van der Waals surface area contributed by atoms with E-state index < -0.39 is 34.5 Å². The van der Waals surface area contributed by atoms with E-state index in [9.17, 15) is 23.1 Å². The Bertz CT molecular complexity index is 1020. The van der Waals surface area contributed by atoms with Crippen molar-refractivity contribution >= 4 is 21.9 Å². The standard InChI is InChI=1S/C22H28N4O6S/c27-21(17-6-8-18(9-7-17)32-15-14-26-12-10-23-11-13-26)24-16-20(22(28)29)25-33(30,31)19-4-2-1-3-5-19/h1-9,20,23,25H,10-16H2,(H,24,27)(H,28,29)/t20-/m0/s1. The number of benzene rings is 2. The first-order valence-electron chi connectivity index (χ1n) is 10.6. The van der Waals surface area contributed by atoms with Crippen molar-refractivity contribution in [2.75, 3.05) is 45.9 Å². The van der Waals surface area contributed by atoms with E-state index in [-0.39, 0.29) is 4.90 Å². The van der Waals surface area contributed by atoms with Gasteiger partial charge in [0, 0.05) is 44.8 Å². The van der Waals surface area contributed by atoms with Crippen molar-refractivity contribution in [2.45, 2.75) is 10.9 Å². The van der Waals surface area contributed by atoms with Crippen LogP contribution in [0.25, 0.3) is 0 Å². The fraction of sp³-hybridized carbons (Fsp3) is 0.364. The fourth-order valence-corrected chi connectivity index (χ4v) is 4.47. The summed E-state index contributed by atoms with van der Waals surface area (Å²) in [5, 5.41) is 15.1. The zero-order valence-electron chi connectivity index (χ0n) is 18.1. The second kappa shape index (κ2) is 11.8. The molecular weight excluding hydrogens is 448 g/mol. The Hall–Kier alpha value is -2.99. The van der Waals surface area contributed by atoms with E-state index in [0.29, 0.717) is 17.9 Å². The molecule has 2 aromatic rings. The SMILES string of the molecule is O=C(NC[C@H](NS(=O)(=O)c1ccccc1)C(=O)O)c1ccc(OCCN2CCNCC2)cc1. The molecule has 2 aromatic carbocycles. The van der Waals surface area contributed by atoms with E-state index in [1.165, 1.54) is 24.3 Å². The van der Waals surface area contributed by atoms with Crippen LogP contribution >= 0.6 is 0 Å². The molecule has 1 heterocycles. The molecule has 178 valence electrons. The molecule has 4 N–H and O–H groups in total. The van der Waals surface area contributed by atoms with Gasteiger partial charge in [-0.3, -0.25) is 14.5 Å². The lowest BCUT2D eigenvalue weighted by Gasteiger charge is -2.26. The van der Waals surface area contributed by atoms with E-state index in [4.69, 9.17) is 4.74 Å². The van der Waals surface area contributed by atoms with Gasteiger partial charge in [-0.1, -0.05) is 18.2 Å². The van der Waals surface area contributed by atoms with E-state index in [1.54, 1.807) is 30.3 Å². The van der Waals surface area contributed by atoms with Crippen molar-refractivity contribution in [1.29, 1.82) is 0 Å². The number of rotatable bonds is 11. The highest BCUT2D eigenvalue weighted by atomic mass is 32.2. The minimum Gasteiger partial charge on any atom is -0.492 e. The molecule has 0 radical (unpaired) electrons. The molecule has 0 saturated carbocycles. The number of piperazine rings is 1. The summed E-state index contributed by atoms with van der Waals surface area (Å²) in [6.45, 7) is 4.86. The van der Waals surface area contributed by atoms with E-state index in [0.717, 1.165) is 32.7 Å². The number of ether oxygens (including phenoxy) is 1. The summed E-state index contributed by atoms with van der Waals surface area (Å²) >= 11 is 0. The first-order chi connectivity index (χ1) is 15.8. The van der Waals surface area contributed by atoms with Gasteiger partial charge in [0.1, 0.15) is 18.4 Å². The Morgan fingerprint density at radius 2 is 1.73 bits per heavy atom. The summed E-state index contributed by atoms with van der Waals surface area (Å²) in [5.74, 6) is -1.30. The van der Waals surface area contributed by atoms with Gasteiger partial charge in [-0.2, -0.15) is 4.72 Å². The van der Waals surface area contributed by atoms with Crippen LogP contribution in [-0.4, -0.2) is 82.2 Å². The van der Waals surface area contributed by atoms with Crippen molar-refractivity contribution in [3.63, 3.8) is 0 Å². The van der Waals surface area contributed by atoms with Crippen LogP contribution in [0.4, 0.5) is 0 Å². The minimum atomic E-state index is -4.05. The predicted molar refractivity (Wildman–Crippen MR) is 122 cm³/mol. The molecule has 3 rings (SSSR count). The van der Waals surface area contributed by atoms with Crippen molar-refractivity contribution < 1.29 is 27.9 Å². The number of amides is 1. The molecule has 1 aliphatic heterocycles. The number of carbonyl (C=O) groups excluding carboxylic acids is 1. The minimum absolute atomic E-state index is 0.0601. The lowest BCUT2D eigenvalue weighted by molar-refractivity contribution is -0.138. The molecule has 1 saturated heterocycles. The maximum Gasteiger partial charge on any atom is 0.323 e. The third-order valence-electron chi connectivity index (χ3n) is 5.12. The topological polar surface area (TPSA) is 137 Å². The smallest absolute Gasteiger partial charge is 0.323 e. The predicted octanol–water partition coefficient (Wildman–Crippen LogP) is 0.132. The molecule has 1 aliphatic rings. The molecule has 33 heavy (non-hydrogen) atoms. The van der Waals surface area contributed by atoms with Gasteiger partial charge in [0.2, 0.25) is 10.0 Å². The van der Waals surface area contributed by atoms with Crippen LogP contribution in [0.5, 0.6) is 5.75 Å². The Morgan fingerprint density at radius 1 is 1.06 bits per heavy atom. The number of aliphatic carboxylic acids is 1. The lowest BCUT2D eigenvalue weighted by atomic mass is 10.2. The molecule has 0 unspecified atom stereocenters. The van der Waals surface area contributed by atoms with Crippen molar-refractivity contribution in [3.05, 3.63) is 60.2 Å². The molecule has 0 aromatic heterocycles. The third kappa shape index (κ3) is 7.53. The Labute approximate surface area is 193 Å².